The Balaban J connectivity index is 1.65. The monoisotopic (exact) mass is 365 g/mol. The second-order valence-corrected chi connectivity index (χ2v) is 7.30. The number of carbonyl (C=O) groups is 3. The van der Waals surface area contributed by atoms with Crippen LogP contribution < -0.4 is 11.1 Å². The van der Waals surface area contributed by atoms with Gasteiger partial charge in [0.1, 0.15) is 0 Å². The average molecular weight is 365 g/mol. The molecule has 3 amide bonds. The molecule has 9 heteroatoms. The summed E-state index contributed by atoms with van der Waals surface area (Å²) in [5.74, 6) is -1.45. The van der Waals surface area contributed by atoms with Crippen molar-refractivity contribution < 1.29 is 19.5 Å². The van der Waals surface area contributed by atoms with Crippen molar-refractivity contribution in [1.82, 2.24) is 20.0 Å². The standard InChI is InChI=1S/C17H27N5O4/c1-11(18)21-6-2-3-12(10-21)9-13-14(16(24)25)22(15(13)23)17(26)20-7-4-19-5-8-20/h12-14,19H,1-10,18H2,(H,24,25). The second-order valence-electron chi connectivity index (χ2n) is 7.30. The highest BCUT2D eigenvalue weighted by Gasteiger charge is 2.56. The number of carbonyl (C=O) groups excluding carboxylic acids is 2. The fourth-order valence-corrected chi connectivity index (χ4v) is 4.16. The van der Waals surface area contributed by atoms with Gasteiger partial charge < -0.3 is 26.0 Å². The smallest absolute Gasteiger partial charge is 0.327 e. The number of urea groups is 1. The average Bonchev–Trinajstić information content (AvgIpc) is 2.64. The molecule has 3 saturated heterocycles. The Bertz CT molecular complexity index is 604. The van der Waals surface area contributed by atoms with Crippen molar-refractivity contribution in [2.45, 2.75) is 25.3 Å². The molecule has 3 heterocycles. The number of aliphatic carboxylic acids is 1. The van der Waals surface area contributed by atoms with E-state index in [9.17, 15) is 19.5 Å². The Morgan fingerprint density at radius 1 is 1.23 bits per heavy atom. The molecular formula is C17H27N5O4. The summed E-state index contributed by atoms with van der Waals surface area (Å²) in [4.78, 5) is 41.4. The lowest BCUT2D eigenvalue weighted by Crippen LogP contribution is -2.69. The predicted molar refractivity (Wildman–Crippen MR) is 93.8 cm³/mol. The van der Waals surface area contributed by atoms with Gasteiger partial charge >= 0.3 is 12.0 Å². The summed E-state index contributed by atoms with van der Waals surface area (Å²) < 4.78 is 0. The summed E-state index contributed by atoms with van der Waals surface area (Å²) in [5, 5.41) is 12.7. The van der Waals surface area contributed by atoms with E-state index in [2.05, 4.69) is 11.9 Å². The minimum absolute atomic E-state index is 0.177. The molecule has 0 aromatic heterocycles. The topological polar surface area (TPSA) is 119 Å². The summed E-state index contributed by atoms with van der Waals surface area (Å²) in [6, 6.07) is -1.55. The molecule has 26 heavy (non-hydrogen) atoms. The van der Waals surface area contributed by atoms with Gasteiger partial charge in [0.25, 0.3) is 0 Å². The lowest BCUT2D eigenvalue weighted by Gasteiger charge is -2.47. The quantitative estimate of drug-likeness (QED) is 0.572. The van der Waals surface area contributed by atoms with Gasteiger partial charge in [-0.15, -0.1) is 0 Å². The number of nitrogens with two attached hydrogens (primary N) is 1. The molecule has 0 bridgehead atoms. The summed E-state index contributed by atoms with van der Waals surface area (Å²) in [5.41, 5.74) is 5.76. The first kappa shape index (κ1) is 18.5. The molecule has 9 nitrogen and oxygen atoms in total. The van der Waals surface area contributed by atoms with Gasteiger partial charge in [-0.25, -0.2) is 14.5 Å². The number of β-lactam (4-membered cyclic amide) rings is 1. The van der Waals surface area contributed by atoms with Crippen molar-refractivity contribution in [3.63, 3.8) is 0 Å². The summed E-state index contributed by atoms with van der Waals surface area (Å²) in [6.07, 6.45) is 2.32. The molecular weight excluding hydrogens is 338 g/mol. The van der Waals surface area contributed by atoms with Gasteiger partial charge in [-0.3, -0.25) is 4.79 Å². The third kappa shape index (κ3) is 3.48. The summed E-state index contributed by atoms with van der Waals surface area (Å²) in [7, 11) is 0. The van der Waals surface area contributed by atoms with E-state index in [1.807, 2.05) is 4.90 Å². The third-order valence-corrected chi connectivity index (χ3v) is 5.57. The molecule has 4 N–H and O–H groups in total. The molecule has 3 aliphatic heterocycles. The fraction of sp³-hybridized carbons (Fsp3) is 0.706. The maximum atomic E-state index is 12.6. The molecule has 3 aliphatic rings. The van der Waals surface area contributed by atoms with Crippen LogP contribution in [0.15, 0.2) is 12.4 Å². The highest BCUT2D eigenvalue weighted by Crippen LogP contribution is 2.36. The van der Waals surface area contributed by atoms with Gasteiger partial charge in [-0.05, 0) is 25.2 Å². The first-order chi connectivity index (χ1) is 12.4. The van der Waals surface area contributed by atoms with Crippen LogP contribution in [-0.4, -0.2) is 83.0 Å². The molecule has 3 atom stereocenters. The van der Waals surface area contributed by atoms with Crippen molar-refractivity contribution in [1.29, 1.82) is 0 Å². The Morgan fingerprint density at radius 3 is 2.54 bits per heavy atom. The molecule has 0 saturated carbocycles. The van der Waals surface area contributed by atoms with E-state index in [4.69, 9.17) is 5.73 Å². The number of imide groups is 1. The van der Waals surface area contributed by atoms with E-state index in [1.54, 1.807) is 4.90 Å². The normalized spacial score (nSPS) is 29.3. The van der Waals surface area contributed by atoms with Crippen LogP contribution in [0.3, 0.4) is 0 Å². The maximum Gasteiger partial charge on any atom is 0.327 e. The van der Waals surface area contributed by atoms with Crippen LogP contribution in [0, 0.1) is 11.8 Å². The molecule has 3 rings (SSSR count). The number of carboxylic acids is 1. The molecule has 0 radical (unpaired) electrons. The molecule has 3 unspecified atom stereocenters. The first-order valence-corrected chi connectivity index (χ1v) is 9.15. The minimum atomic E-state index is -1.12. The number of rotatable bonds is 4. The predicted octanol–water partition coefficient (Wildman–Crippen LogP) is -0.545. The number of likely N-dealkylation sites (tertiary alicyclic amines) is 2. The van der Waals surface area contributed by atoms with E-state index < -0.39 is 24.0 Å². The van der Waals surface area contributed by atoms with Crippen LogP contribution in [0.1, 0.15) is 19.3 Å². The zero-order valence-electron chi connectivity index (χ0n) is 14.9. The van der Waals surface area contributed by atoms with Crippen molar-refractivity contribution in [3.8, 4) is 0 Å². The van der Waals surface area contributed by atoms with Gasteiger partial charge in [0, 0.05) is 39.3 Å². The number of amides is 3. The molecule has 3 fully saturated rings. The van der Waals surface area contributed by atoms with Crippen LogP contribution in [0.4, 0.5) is 4.79 Å². The van der Waals surface area contributed by atoms with Crippen LogP contribution in [0.25, 0.3) is 0 Å². The first-order valence-electron chi connectivity index (χ1n) is 9.15. The summed E-state index contributed by atoms with van der Waals surface area (Å²) in [6.45, 7) is 7.52. The number of piperazine rings is 1. The Morgan fingerprint density at radius 2 is 1.92 bits per heavy atom. The van der Waals surface area contributed by atoms with E-state index in [0.29, 0.717) is 45.0 Å². The number of nitrogens with zero attached hydrogens (tertiary/aromatic N) is 3. The van der Waals surface area contributed by atoms with Gasteiger partial charge in [0.05, 0.1) is 11.7 Å². The second kappa shape index (κ2) is 7.53. The van der Waals surface area contributed by atoms with Gasteiger partial charge in [0.2, 0.25) is 5.91 Å². The van der Waals surface area contributed by atoms with Crippen LogP contribution in [0.5, 0.6) is 0 Å². The molecule has 0 aromatic carbocycles. The van der Waals surface area contributed by atoms with Crippen molar-refractivity contribution in [2.75, 3.05) is 39.3 Å². The van der Waals surface area contributed by atoms with Gasteiger partial charge in [-0.2, -0.15) is 0 Å². The number of nitrogens with one attached hydrogen (secondary N) is 1. The molecule has 0 aromatic rings. The van der Waals surface area contributed by atoms with E-state index >= 15 is 0 Å². The highest BCUT2D eigenvalue weighted by atomic mass is 16.4. The largest absolute Gasteiger partial charge is 0.480 e. The number of carboxylic acid groups (broad SMARTS) is 1. The SMILES string of the molecule is C=C(N)N1CCCC(CC2C(=O)N(C(=O)N3CCNCC3)C2C(=O)O)C1. The van der Waals surface area contributed by atoms with E-state index in [1.165, 1.54) is 0 Å². The van der Waals surface area contributed by atoms with Crippen LogP contribution in [0.2, 0.25) is 0 Å². The zero-order chi connectivity index (χ0) is 18.8. The number of piperidine rings is 1. The van der Waals surface area contributed by atoms with Gasteiger partial charge in [0.15, 0.2) is 6.04 Å². The van der Waals surface area contributed by atoms with Crippen molar-refractivity contribution in [2.24, 2.45) is 17.6 Å². The number of hydrogen-bond acceptors (Lipinski definition) is 6. The molecule has 144 valence electrons. The fourth-order valence-electron chi connectivity index (χ4n) is 4.16. The highest BCUT2D eigenvalue weighted by molar-refractivity contribution is 6.07. The zero-order valence-corrected chi connectivity index (χ0v) is 14.9. The molecule has 0 spiro atoms. The molecule has 0 aliphatic carbocycles. The minimum Gasteiger partial charge on any atom is -0.480 e. The van der Waals surface area contributed by atoms with Crippen LogP contribution in [-0.2, 0) is 9.59 Å². The Labute approximate surface area is 152 Å². The van der Waals surface area contributed by atoms with E-state index in [0.717, 1.165) is 24.3 Å². The summed E-state index contributed by atoms with van der Waals surface area (Å²) >= 11 is 0. The maximum absolute atomic E-state index is 12.6. The van der Waals surface area contributed by atoms with Crippen molar-refractivity contribution >= 4 is 17.9 Å². The third-order valence-electron chi connectivity index (χ3n) is 5.57. The lowest BCUT2D eigenvalue weighted by atomic mass is 9.78. The van der Waals surface area contributed by atoms with Gasteiger partial charge in [-0.1, -0.05) is 6.58 Å². The van der Waals surface area contributed by atoms with Crippen molar-refractivity contribution in [3.05, 3.63) is 12.4 Å². The van der Waals surface area contributed by atoms with Crippen LogP contribution >= 0.6 is 0 Å². The van der Waals surface area contributed by atoms with E-state index in [-0.39, 0.29) is 11.8 Å². The Hall–Kier alpha value is -2.29. The number of hydrogen-bond donors (Lipinski definition) is 3. The lowest BCUT2D eigenvalue weighted by molar-refractivity contribution is -0.167. The Kier molecular flexibility index (Phi) is 5.36.